The van der Waals surface area contributed by atoms with Crippen molar-refractivity contribution in [2.24, 2.45) is 0 Å². The molecule has 0 bridgehead atoms. The lowest BCUT2D eigenvalue weighted by atomic mass is 10.1. The van der Waals surface area contributed by atoms with Gasteiger partial charge in [-0.25, -0.2) is 8.42 Å². The highest BCUT2D eigenvalue weighted by Crippen LogP contribution is 2.30. The number of hydrogen-bond acceptors (Lipinski definition) is 3. The zero-order chi connectivity index (χ0) is 15.5. The summed E-state index contributed by atoms with van der Waals surface area (Å²) in [4.78, 5) is 13.8. The van der Waals surface area contributed by atoms with Gasteiger partial charge in [0.2, 0.25) is 0 Å². The fourth-order valence-corrected chi connectivity index (χ4v) is 3.91. The molecule has 7 heteroatoms. The Hall–Kier alpha value is -0.590. The Bertz CT molecular complexity index is 616. The molecule has 0 radical (unpaired) electrons. The Morgan fingerprint density at radius 3 is 2.50 bits per heavy atom. The lowest BCUT2D eigenvalue weighted by Gasteiger charge is -2.18. The second-order valence-electron chi connectivity index (χ2n) is 4.62. The first kappa shape index (κ1) is 17.5. The van der Waals surface area contributed by atoms with Crippen LogP contribution in [0.5, 0.6) is 0 Å². The van der Waals surface area contributed by atoms with E-state index in [2.05, 4.69) is 15.9 Å². The maximum absolute atomic E-state index is 12.3. The van der Waals surface area contributed by atoms with Crippen LogP contribution in [0.25, 0.3) is 0 Å². The zero-order valence-electron chi connectivity index (χ0n) is 11.6. The van der Waals surface area contributed by atoms with Gasteiger partial charge in [0, 0.05) is 34.3 Å². The van der Waals surface area contributed by atoms with Crippen LogP contribution in [-0.2, 0) is 9.05 Å². The summed E-state index contributed by atoms with van der Waals surface area (Å²) in [5.74, 6) is -0.212. The summed E-state index contributed by atoms with van der Waals surface area (Å²) in [7, 11) is 3.19. The van der Waals surface area contributed by atoms with Crippen LogP contribution in [0, 0.1) is 6.92 Å². The van der Waals surface area contributed by atoms with Crippen molar-refractivity contribution in [1.29, 1.82) is 0 Å². The number of rotatable bonds is 5. The molecular formula is C13H17BrClNO3S. The van der Waals surface area contributed by atoms with E-state index in [1.54, 1.807) is 24.9 Å². The molecule has 0 aliphatic heterocycles. The number of halogens is 2. The van der Waals surface area contributed by atoms with Crippen LogP contribution in [0.3, 0.4) is 0 Å². The molecule has 0 aliphatic rings. The third-order valence-corrected chi connectivity index (χ3v) is 5.59. The molecule has 0 saturated carbocycles. The van der Waals surface area contributed by atoms with Gasteiger partial charge in [0.05, 0.1) is 4.90 Å². The fraction of sp³-hybridized carbons (Fsp3) is 0.462. The van der Waals surface area contributed by atoms with Crippen LogP contribution in [0.4, 0.5) is 0 Å². The number of carbonyl (C=O) groups excluding carboxylic acids is 1. The van der Waals surface area contributed by atoms with Crippen molar-refractivity contribution in [3.05, 3.63) is 27.7 Å². The summed E-state index contributed by atoms with van der Waals surface area (Å²) in [6.07, 6.45) is 1.89. The fourth-order valence-electron chi connectivity index (χ4n) is 1.76. The molecule has 4 nitrogen and oxygen atoms in total. The lowest BCUT2D eigenvalue weighted by Crippen LogP contribution is -2.27. The molecule has 0 spiro atoms. The Balaban J connectivity index is 3.21. The van der Waals surface area contributed by atoms with Crippen LogP contribution < -0.4 is 0 Å². The van der Waals surface area contributed by atoms with E-state index >= 15 is 0 Å². The third-order valence-electron chi connectivity index (χ3n) is 2.92. The van der Waals surface area contributed by atoms with Gasteiger partial charge >= 0.3 is 0 Å². The van der Waals surface area contributed by atoms with Crippen LogP contribution in [0.1, 0.15) is 35.7 Å². The number of hydrogen-bond donors (Lipinski definition) is 0. The molecule has 0 N–H and O–H groups in total. The van der Waals surface area contributed by atoms with Crippen LogP contribution in [0.15, 0.2) is 21.5 Å². The number of nitrogens with zero attached hydrogens (tertiary/aromatic N) is 1. The number of benzene rings is 1. The van der Waals surface area contributed by atoms with E-state index in [9.17, 15) is 13.2 Å². The van der Waals surface area contributed by atoms with E-state index < -0.39 is 9.05 Å². The van der Waals surface area contributed by atoms with Crippen molar-refractivity contribution >= 4 is 41.6 Å². The van der Waals surface area contributed by atoms with Gasteiger partial charge < -0.3 is 4.90 Å². The van der Waals surface area contributed by atoms with E-state index in [0.717, 1.165) is 12.8 Å². The molecule has 0 aromatic heterocycles. The van der Waals surface area contributed by atoms with Gasteiger partial charge in [-0.3, -0.25) is 4.79 Å². The summed E-state index contributed by atoms with van der Waals surface area (Å²) < 4.78 is 23.5. The van der Waals surface area contributed by atoms with Gasteiger partial charge in [-0.05, 0) is 47.0 Å². The molecule has 20 heavy (non-hydrogen) atoms. The smallest absolute Gasteiger partial charge is 0.262 e. The monoisotopic (exact) mass is 381 g/mol. The molecule has 0 saturated heterocycles. The van der Waals surface area contributed by atoms with Crippen molar-refractivity contribution in [2.75, 3.05) is 13.6 Å². The van der Waals surface area contributed by atoms with Gasteiger partial charge in [-0.15, -0.1) is 0 Å². The SMILES string of the molecule is CCCCN(C)C(=O)c1cc(C)c(Br)c(S(=O)(=O)Cl)c1. The summed E-state index contributed by atoms with van der Waals surface area (Å²) in [6.45, 7) is 4.39. The minimum absolute atomic E-state index is 0.0774. The van der Waals surface area contributed by atoms with Gasteiger partial charge in [0.15, 0.2) is 0 Å². The van der Waals surface area contributed by atoms with Crippen molar-refractivity contribution in [3.63, 3.8) is 0 Å². The first-order valence-electron chi connectivity index (χ1n) is 6.18. The van der Waals surface area contributed by atoms with Crippen LogP contribution in [-0.4, -0.2) is 32.8 Å². The maximum Gasteiger partial charge on any atom is 0.262 e. The number of aryl methyl sites for hydroxylation is 1. The Labute approximate surface area is 132 Å². The largest absolute Gasteiger partial charge is 0.342 e. The normalized spacial score (nSPS) is 11.4. The molecule has 0 aliphatic carbocycles. The van der Waals surface area contributed by atoms with E-state index in [-0.39, 0.29) is 10.8 Å². The molecular weight excluding hydrogens is 366 g/mol. The van der Waals surface area contributed by atoms with Gasteiger partial charge in [0.25, 0.3) is 15.0 Å². The highest BCUT2D eigenvalue weighted by molar-refractivity contribution is 9.10. The van der Waals surface area contributed by atoms with Crippen LogP contribution >= 0.6 is 26.6 Å². The summed E-state index contributed by atoms with van der Waals surface area (Å²) in [5.41, 5.74) is 0.975. The third kappa shape index (κ3) is 4.20. The van der Waals surface area contributed by atoms with Crippen molar-refractivity contribution in [2.45, 2.75) is 31.6 Å². The van der Waals surface area contributed by atoms with Crippen LogP contribution in [0.2, 0.25) is 0 Å². The first-order valence-corrected chi connectivity index (χ1v) is 9.29. The summed E-state index contributed by atoms with van der Waals surface area (Å²) >= 11 is 3.19. The molecule has 1 rings (SSSR count). The highest BCUT2D eigenvalue weighted by atomic mass is 79.9. The Morgan fingerprint density at radius 1 is 1.40 bits per heavy atom. The van der Waals surface area contributed by atoms with E-state index in [0.29, 0.717) is 22.1 Å². The first-order chi connectivity index (χ1) is 9.18. The average molecular weight is 383 g/mol. The molecule has 112 valence electrons. The molecule has 1 aromatic carbocycles. The Kier molecular flexibility index (Phi) is 6.04. The van der Waals surface area contributed by atoms with Crippen molar-refractivity contribution < 1.29 is 13.2 Å². The van der Waals surface area contributed by atoms with E-state index in [1.165, 1.54) is 6.07 Å². The molecule has 0 fully saturated rings. The molecule has 0 atom stereocenters. The molecule has 1 aromatic rings. The van der Waals surface area contributed by atoms with Crippen molar-refractivity contribution in [1.82, 2.24) is 4.90 Å². The Morgan fingerprint density at radius 2 is 2.00 bits per heavy atom. The minimum Gasteiger partial charge on any atom is -0.342 e. The highest BCUT2D eigenvalue weighted by Gasteiger charge is 2.21. The maximum atomic E-state index is 12.3. The molecule has 0 heterocycles. The van der Waals surface area contributed by atoms with Gasteiger partial charge in [-0.2, -0.15) is 0 Å². The van der Waals surface area contributed by atoms with E-state index in [1.807, 2.05) is 6.92 Å². The minimum atomic E-state index is -3.90. The molecule has 0 unspecified atom stereocenters. The topological polar surface area (TPSA) is 54.5 Å². The second kappa shape index (κ2) is 6.91. The summed E-state index contributed by atoms with van der Waals surface area (Å²) in [5, 5.41) is 0. The predicted octanol–water partition coefficient (Wildman–Crippen LogP) is 3.56. The van der Waals surface area contributed by atoms with E-state index in [4.69, 9.17) is 10.7 Å². The number of unbranched alkanes of at least 4 members (excludes halogenated alkanes) is 1. The number of carbonyl (C=O) groups is 1. The average Bonchev–Trinajstić information content (AvgIpc) is 2.36. The van der Waals surface area contributed by atoms with Gasteiger partial charge in [0.1, 0.15) is 0 Å². The standard InChI is InChI=1S/C13H17BrClNO3S/c1-4-5-6-16(3)13(17)10-7-9(2)12(14)11(8-10)20(15,18)19/h7-8H,4-6H2,1-3H3. The van der Waals surface area contributed by atoms with Crippen molar-refractivity contribution in [3.8, 4) is 0 Å². The zero-order valence-corrected chi connectivity index (χ0v) is 14.8. The van der Waals surface area contributed by atoms with Gasteiger partial charge in [-0.1, -0.05) is 13.3 Å². The predicted molar refractivity (Wildman–Crippen MR) is 83.8 cm³/mol. The number of amides is 1. The lowest BCUT2D eigenvalue weighted by molar-refractivity contribution is 0.0793. The molecule has 1 amide bonds. The summed E-state index contributed by atoms with van der Waals surface area (Å²) in [6, 6.07) is 2.96. The quantitative estimate of drug-likeness (QED) is 0.732. The second-order valence-corrected chi connectivity index (χ2v) is 7.95.